The summed E-state index contributed by atoms with van der Waals surface area (Å²) in [5.41, 5.74) is 23.6. The Kier molecular flexibility index (Phi) is 11.8. The number of hydrogen-bond donors (Lipinski definition) is 0. The first kappa shape index (κ1) is 52.7. The van der Waals surface area contributed by atoms with Crippen molar-refractivity contribution in [2.45, 2.75) is 172 Å². The highest BCUT2D eigenvalue weighted by Crippen LogP contribution is 2.59. The van der Waals surface area contributed by atoms with Crippen molar-refractivity contribution >= 4 is 96.8 Å². The number of furan rings is 1. The molecule has 8 aromatic carbocycles. The van der Waals surface area contributed by atoms with Crippen molar-refractivity contribution in [1.29, 1.82) is 0 Å². The summed E-state index contributed by atoms with van der Waals surface area (Å²) >= 11 is 2.10. The topological polar surface area (TPSA) is 22.9 Å². The summed E-state index contributed by atoms with van der Waals surface area (Å²) in [6.07, 6.45) is 2.35. The van der Waals surface area contributed by atoms with E-state index in [9.17, 15) is 0 Å². The average molecular weight is 1070 g/mol. The van der Waals surface area contributed by atoms with Gasteiger partial charge in [-0.25, -0.2) is 0 Å². The predicted molar refractivity (Wildman–Crippen MR) is 346 cm³/mol. The molecular formula is C74H80BN3OS. The number of para-hydroxylation sites is 2. The molecule has 0 amide bonds. The molecule has 9 aromatic rings. The van der Waals surface area contributed by atoms with E-state index in [0.29, 0.717) is 0 Å². The quantitative estimate of drug-likeness (QED) is 0.160. The molecule has 1 aromatic heterocycles. The largest absolute Gasteiger partial charge is 0.454 e. The number of nitrogens with zero attached hydrogens (tertiary/aromatic N) is 3. The van der Waals surface area contributed by atoms with Gasteiger partial charge in [0.1, 0.15) is 5.58 Å². The highest BCUT2D eigenvalue weighted by atomic mass is 32.2. The van der Waals surface area contributed by atoms with Gasteiger partial charge >= 0.3 is 0 Å². The highest BCUT2D eigenvalue weighted by molar-refractivity contribution is 8.02. The fraction of sp³-hybridized carbons (Fsp3) is 0.351. The van der Waals surface area contributed by atoms with Gasteiger partial charge in [0.05, 0.1) is 11.7 Å². The summed E-state index contributed by atoms with van der Waals surface area (Å²) < 4.78 is 7.12. The Bertz CT molecular complexity index is 3890. The van der Waals surface area contributed by atoms with Crippen LogP contribution in [0, 0.1) is 0 Å². The van der Waals surface area contributed by atoms with E-state index in [1.165, 1.54) is 83.9 Å². The van der Waals surface area contributed by atoms with Gasteiger partial charge in [-0.2, -0.15) is 0 Å². The summed E-state index contributed by atoms with van der Waals surface area (Å²) in [5.74, 6) is 0. The molecule has 0 fully saturated rings. The third kappa shape index (κ3) is 8.46. The first-order chi connectivity index (χ1) is 37.7. The van der Waals surface area contributed by atoms with Crippen LogP contribution in [-0.2, 0) is 32.5 Å². The molecule has 2 atom stereocenters. The van der Waals surface area contributed by atoms with Gasteiger partial charge in [0.2, 0.25) is 6.71 Å². The zero-order chi connectivity index (χ0) is 56.4. The SMILES string of the molecule is CC(C)(C)c1ccc(N(c2ccc(C(C)(C)C)cc2)c2ccc3c(c2)N(c2cccc4c2oc2ccccc24)c2cc(C(C)(C)C)cc4c2B3C2Sc3ccc(C(C)(C)C)cc3C2N4c2ccc3c(c2)C(C)(C)CCC3(C)C)cc1. The van der Waals surface area contributed by atoms with Crippen molar-refractivity contribution in [1.82, 2.24) is 0 Å². The molecule has 0 N–H and O–H groups in total. The van der Waals surface area contributed by atoms with Crippen LogP contribution in [0.5, 0.6) is 0 Å². The van der Waals surface area contributed by atoms with Crippen LogP contribution in [0.3, 0.4) is 0 Å². The normalized spacial score (nSPS) is 18.2. The van der Waals surface area contributed by atoms with E-state index in [4.69, 9.17) is 4.42 Å². The summed E-state index contributed by atoms with van der Waals surface area (Å²) in [6, 6.07) is 61.6. The Hall–Kier alpha value is -6.63. The minimum absolute atomic E-state index is 0.0127. The Labute approximate surface area is 482 Å². The third-order valence-electron chi connectivity index (χ3n) is 18.8. The van der Waals surface area contributed by atoms with Crippen molar-refractivity contribution in [3.63, 3.8) is 0 Å². The lowest BCUT2D eigenvalue weighted by atomic mass is 9.33. The maximum atomic E-state index is 7.12. The van der Waals surface area contributed by atoms with E-state index in [2.05, 4.69) is 295 Å². The van der Waals surface area contributed by atoms with Crippen molar-refractivity contribution in [2.75, 3.05) is 14.7 Å². The van der Waals surface area contributed by atoms with Crippen LogP contribution in [-0.4, -0.2) is 11.9 Å². The summed E-state index contributed by atoms with van der Waals surface area (Å²) in [7, 11) is 0. The molecule has 0 radical (unpaired) electrons. The molecule has 6 heteroatoms. The van der Waals surface area contributed by atoms with E-state index in [1.54, 1.807) is 0 Å². The van der Waals surface area contributed by atoms with Crippen LogP contribution >= 0.6 is 11.8 Å². The van der Waals surface area contributed by atoms with Gasteiger partial charge in [-0.1, -0.05) is 190 Å². The second kappa shape index (κ2) is 17.9. The molecule has 0 saturated heterocycles. The first-order valence-corrected chi connectivity index (χ1v) is 30.3. The third-order valence-corrected chi connectivity index (χ3v) is 20.2. The molecule has 406 valence electrons. The van der Waals surface area contributed by atoms with Gasteiger partial charge in [0.25, 0.3) is 0 Å². The van der Waals surface area contributed by atoms with E-state index in [-0.39, 0.29) is 50.4 Å². The minimum atomic E-state index is -0.179. The fourth-order valence-electron chi connectivity index (χ4n) is 13.8. The van der Waals surface area contributed by atoms with Gasteiger partial charge in [-0.3, -0.25) is 0 Å². The van der Waals surface area contributed by atoms with Crippen LogP contribution in [0.15, 0.2) is 167 Å². The molecule has 0 saturated carbocycles. The summed E-state index contributed by atoms with van der Waals surface area (Å²) in [5, 5.41) is 2.41. The molecule has 2 unspecified atom stereocenters. The van der Waals surface area contributed by atoms with Crippen LogP contribution in [0.25, 0.3) is 21.9 Å². The number of anilines is 8. The van der Waals surface area contributed by atoms with Crippen LogP contribution in [0.4, 0.5) is 45.5 Å². The monoisotopic (exact) mass is 1070 g/mol. The minimum Gasteiger partial charge on any atom is -0.454 e. The molecule has 4 aliphatic rings. The molecule has 4 heterocycles. The van der Waals surface area contributed by atoms with Crippen LogP contribution in [0.2, 0.25) is 0 Å². The van der Waals surface area contributed by atoms with Crippen LogP contribution in [0.1, 0.15) is 169 Å². The Morgan fingerprint density at radius 3 is 1.71 bits per heavy atom. The second-order valence-electron chi connectivity index (χ2n) is 29.3. The van der Waals surface area contributed by atoms with E-state index in [1.807, 2.05) is 0 Å². The van der Waals surface area contributed by atoms with Crippen molar-refractivity contribution in [2.24, 2.45) is 0 Å². The number of thioether (sulfide) groups is 1. The van der Waals surface area contributed by atoms with Crippen LogP contribution < -0.4 is 25.6 Å². The smallest absolute Gasteiger partial charge is 0.233 e. The van der Waals surface area contributed by atoms with E-state index in [0.717, 1.165) is 51.1 Å². The van der Waals surface area contributed by atoms with Gasteiger partial charge < -0.3 is 19.1 Å². The maximum absolute atomic E-state index is 7.12. The summed E-state index contributed by atoms with van der Waals surface area (Å²) in [4.78, 5) is 9.30. The van der Waals surface area contributed by atoms with E-state index >= 15 is 0 Å². The molecule has 1 aliphatic carbocycles. The Balaban J connectivity index is 1.12. The standard InChI is InChI=1S/C74H80BN3OS/c1-69(2,3)45-24-29-49(30-25-45)76(50-31-26-46(27-32-50)70(4,5)6)52-34-36-58-60(44-52)78(59-22-19-21-54-53-20-17-18-23-63(53)79-67(54)59)62-42-48(72(10,11)12)41-61-65(62)75(58)68-66(55-40-47(71(7,8)9)28-37-64(55)80-68)77(61)51-33-35-56-57(43-51)74(15,16)39-38-73(56,13)14/h17-37,40-44,66,68H,38-39H2,1-16H3. The average Bonchev–Trinajstić information content (AvgIpc) is 4.15. The predicted octanol–water partition coefficient (Wildman–Crippen LogP) is 19.9. The van der Waals surface area contributed by atoms with Gasteiger partial charge in [0, 0.05) is 60.6 Å². The molecule has 4 nitrogen and oxygen atoms in total. The molecule has 13 rings (SSSR count). The number of fused-ring (bicyclic) bond motifs is 10. The molecule has 80 heavy (non-hydrogen) atoms. The molecule has 0 bridgehead atoms. The lowest BCUT2D eigenvalue weighted by Crippen LogP contribution is -2.62. The van der Waals surface area contributed by atoms with E-state index < -0.39 is 0 Å². The lowest BCUT2D eigenvalue weighted by Gasteiger charge is -2.50. The lowest BCUT2D eigenvalue weighted by molar-refractivity contribution is 0.332. The zero-order valence-corrected chi connectivity index (χ0v) is 51.1. The second-order valence-corrected chi connectivity index (χ2v) is 30.5. The zero-order valence-electron chi connectivity index (χ0n) is 50.3. The number of rotatable bonds is 5. The highest BCUT2D eigenvalue weighted by Gasteiger charge is 2.55. The van der Waals surface area contributed by atoms with Crippen molar-refractivity contribution < 1.29 is 4.42 Å². The van der Waals surface area contributed by atoms with Gasteiger partial charge in [0.15, 0.2) is 5.58 Å². The van der Waals surface area contributed by atoms with Gasteiger partial charge in [-0.15, -0.1) is 11.8 Å². The summed E-state index contributed by atoms with van der Waals surface area (Å²) in [6.45, 7) is 38.0. The number of hydrogen-bond acceptors (Lipinski definition) is 5. The fourth-order valence-corrected chi connectivity index (χ4v) is 15.4. The molecular weight excluding hydrogens is 990 g/mol. The molecule has 0 spiro atoms. The van der Waals surface area contributed by atoms with Gasteiger partial charge in [-0.05, 0) is 174 Å². The molecule has 3 aliphatic heterocycles. The Morgan fingerprint density at radius 1 is 0.500 bits per heavy atom. The van der Waals surface area contributed by atoms with Crippen molar-refractivity contribution in [3.8, 4) is 0 Å². The van der Waals surface area contributed by atoms with Crippen molar-refractivity contribution in [3.05, 3.63) is 197 Å². The first-order valence-electron chi connectivity index (χ1n) is 29.5. The maximum Gasteiger partial charge on any atom is 0.233 e. The number of benzene rings is 8. The Morgan fingerprint density at radius 2 is 1.07 bits per heavy atom.